The summed E-state index contributed by atoms with van der Waals surface area (Å²) in [7, 11) is -7.02. The summed E-state index contributed by atoms with van der Waals surface area (Å²) in [6.45, 7) is 7.20. The molecule has 12 heteroatoms. The number of amides is 1. The molecule has 2 aliphatic rings. The first-order valence-electron chi connectivity index (χ1n) is 11.1. The fourth-order valence-electron chi connectivity index (χ4n) is 4.05. The maximum atomic E-state index is 12.7. The van der Waals surface area contributed by atoms with Gasteiger partial charge in [-0.15, -0.1) is 0 Å². The van der Waals surface area contributed by atoms with Crippen molar-refractivity contribution in [1.29, 1.82) is 0 Å². The Morgan fingerprint density at radius 1 is 0.938 bits per heavy atom. The minimum Gasteiger partial charge on any atom is -0.325 e. The standard InChI is InChI=1S/C20H33N5O5S2/c1-3-23(4-2)32(29,30)25-14-12-22(13-15-25)17-20(26)21-18-8-7-9-19(16-18)31(27,28)24-10-5-6-11-24/h7-9,16H,3-6,10-15,17H2,1-2H3,(H,21,26). The number of hydrogen-bond donors (Lipinski definition) is 1. The Bertz CT molecular complexity index is 997. The summed E-state index contributed by atoms with van der Waals surface area (Å²) in [5.74, 6) is -0.263. The van der Waals surface area contributed by atoms with Crippen LogP contribution in [0.15, 0.2) is 29.2 Å². The largest absolute Gasteiger partial charge is 0.325 e. The fraction of sp³-hybridized carbons (Fsp3) is 0.650. The van der Waals surface area contributed by atoms with E-state index in [2.05, 4.69) is 5.32 Å². The predicted octanol–water partition coefficient (Wildman–Crippen LogP) is 0.614. The molecule has 0 atom stereocenters. The van der Waals surface area contributed by atoms with Gasteiger partial charge in [-0.2, -0.15) is 21.3 Å². The number of carbonyl (C=O) groups excluding carboxylic acids is 1. The van der Waals surface area contributed by atoms with Gasteiger partial charge in [0, 0.05) is 58.0 Å². The number of hydrogen-bond acceptors (Lipinski definition) is 6. The van der Waals surface area contributed by atoms with Crippen molar-refractivity contribution < 1.29 is 21.6 Å². The first-order valence-corrected chi connectivity index (χ1v) is 13.9. The Labute approximate surface area is 191 Å². The van der Waals surface area contributed by atoms with Gasteiger partial charge < -0.3 is 5.32 Å². The number of sulfonamides is 1. The van der Waals surface area contributed by atoms with E-state index in [1.165, 1.54) is 19.0 Å². The first-order chi connectivity index (χ1) is 15.2. The lowest BCUT2D eigenvalue weighted by molar-refractivity contribution is -0.117. The molecule has 0 unspecified atom stereocenters. The van der Waals surface area contributed by atoms with Crippen LogP contribution in [0.4, 0.5) is 5.69 Å². The zero-order valence-electron chi connectivity index (χ0n) is 18.7. The Morgan fingerprint density at radius 2 is 1.56 bits per heavy atom. The van der Waals surface area contributed by atoms with Crippen molar-refractivity contribution in [1.82, 2.24) is 17.8 Å². The lowest BCUT2D eigenvalue weighted by Crippen LogP contribution is -2.54. The summed E-state index contributed by atoms with van der Waals surface area (Å²) >= 11 is 0. The van der Waals surface area contributed by atoms with Crippen LogP contribution in [0, 0.1) is 0 Å². The molecule has 3 rings (SSSR count). The molecule has 0 aromatic heterocycles. The van der Waals surface area contributed by atoms with E-state index in [1.54, 1.807) is 18.2 Å². The molecule has 2 saturated heterocycles. The van der Waals surface area contributed by atoms with E-state index in [-0.39, 0.29) is 17.3 Å². The average Bonchev–Trinajstić information content (AvgIpc) is 3.31. The molecule has 10 nitrogen and oxygen atoms in total. The topological polar surface area (TPSA) is 110 Å². The molecule has 0 saturated carbocycles. The van der Waals surface area contributed by atoms with Crippen LogP contribution < -0.4 is 5.32 Å². The highest BCUT2D eigenvalue weighted by atomic mass is 32.2. The maximum Gasteiger partial charge on any atom is 0.282 e. The number of anilines is 1. The van der Waals surface area contributed by atoms with Crippen LogP contribution in [0.1, 0.15) is 26.7 Å². The molecule has 0 radical (unpaired) electrons. The van der Waals surface area contributed by atoms with Crippen LogP contribution in [-0.4, -0.2) is 99.5 Å². The summed E-state index contributed by atoms with van der Waals surface area (Å²) in [5.41, 5.74) is 0.429. The van der Waals surface area contributed by atoms with Crippen molar-refractivity contribution in [3.05, 3.63) is 24.3 Å². The van der Waals surface area contributed by atoms with Crippen LogP contribution in [0.2, 0.25) is 0 Å². The molecule has 0 spiro atoms. The lowest BCUT2D eigenvalue weighted by atomic mass is 10.3. The Balaban J connectivity index is 1.55. The molecule has 0 bridgehead atoms. The monoisotopic (exact) mass is 487 g/mol. The molecule has 32 heavy (non-hydrogen) atoms. The van der Waals surface area contributed by atoms with Gasteiger partial charge in [0.25, 0.3) is 10.2 Å². The number of piperazine rings is 1. The average molecular weight is 488 g/mol. The number of rotatable bonds is 9. The maximum absolute atomic E-state index is 12.7. The molecule has 2 aliphatic heterocycles. The van der Waals surface area contributed by atoms with Gasteiger partial charge in [0.15, 0.2) is 0 Å². The van der Waals surface area contributed by atoms with E-state index in [0.29, 0.717) is 58.0 Å². The Kier molecular flexibility index (Phi) is 8.28. The van der Waals surface area contributed by atoms with Gasteiger partial charge in [0.05, 0.1) is 11.4 Å². The Hall–Kier alpha value is -1.57. The summed E-state index contributed by atoms with van der Waals surface area (Å²) in [6.07, 6.45) is 1.72. The fourth-order valence-corrected chi connectivity index (χ4v) is 7.21. The highest BCUT2D eigenvalue weighted by Crippen LogP contribution is 2.23. The molecule has 180 valence electrons. The van der Waals surface area contributed by atoms with Gasteiger partial charge in [-0.05, 0) is 31.0 Å². The van der Waals surface area contributed by atoms with E-state index in [9.17, 15) is 21.6 Å². The number of nitrogens with one attached hydrogen (secondary N) is 1. The van der Waals surface area contributed by atoms with Crippen molar-refractivity contribution in [3.8, 4) is 0 Å². The van der Waals surface area contributed by atoms with E-state index < -0.39 is 20.2 Å². The molecule has 0 aliphatic carbocycles. The van der Waals surface area contributed by atoms with Crippen molar-refractivity contribution in [2.24, 2.45) is 0 Å². The molecule has 1 aromatic rings. The highest BCUT2D eigenvalue weighted by molar-refractivity contribution is 7.89. The number of carbonyl (C=O) groups is 1. The lowest BCUT2D eigenvalue weighted by Gasteiger charge is -2.35. The van der Waals surface area contributed by atoms with Crippen molar-refractivity contribution in [2.45, 2.75) is 31.6 Å². The molecule has 1 amide bonds. The van der Waals surface area contributed by atoms with Crippen LogP contribution in [0.25, 0.3) is 0 Å². The SMILES string of the molecule is CCN(CC)S(=O)(=O)N1CCN(CC(=O)Nc2cccc(S(=O)(=O)N3CCCC3)c2)CC1. The number of benzene rings is 1. The van der Waals surface area contributed by atoms with Crippen LogP contribution in [0.3, 0.4) is 0 Å². The van der Waals surface area contributed by atoms with Gasteiger partial charge in [0.1, 0.15) is 0 Å². The molecular formula is C20H33N5O5S2. The third-order valence-electron chi connectivity index (χ3n) is 5.88. The summed E-state index contributed by atoms with van der Waals surface area (Å²) in [5, 5.41) is 2.77. The van der Waals surface area contributed by atoms with Crippen molar-refractivity contribution in [2.75, 3.05) is 64.2 Å². The van der Waals surface area contributed by atoms with E-state index in [1.807, 2.05) is 18.7 Å². The quantitative estimate of drug-likeness (QED) is 0.547. The third-order valence-corrected chi connectivity index (χ3v) is 9.96. The van der Waals surface area contributed by atoms with Gasteiger partial charge in [-0.25, -0.2) is 8.42 Å². The van der Waals surface area contributed by atoms with Crippen molar-refractivity contribution >= 4 is 31.8 Å². The third kappa shape index (κ3) is 5.67. The molecule has 1 N–H and O–H groups in total. The second-order valence-corrected chi connectivity index (χ2v) is 11.8. The van der Waals surface area contributed by atoms with E-state index >= 15 is 0 Å². The molecule has 1 aromatic carbocycles. The highest BCUT2D eigenvalue weighted by Gasteiger charge is 2.31. The molecule has 2 fully saturated rings. The minimum absolute atomic E-state index is 0.113. The van der Waals surface area contributed by atoms with E-state index in [4.69, 9.17) is 0 Å². The molecule has 2 heterocycles. The minimum atomic E-state index is -3.55. The second kappa shape index (κ2) is 10.6. The summed E-state index contributed by atoms with van der Waals surface area (Å²) in [4.78, 5) is 14.6. The van der Waals surface area contributed by atoms with Crippen LogP contribution >= 0.6 is 0 Å². The van der Waals surface area contributed by atoms with Gasteiger partial charge in [-0.1, -0.05) is 19.9 Å². The Morgan fingerprint density at radius 3 is 2.16 bits per heavy atom. The predicted molar refractivity (Wildman–Crippen MR) is 123 cm³/mol. The smallest absolute Gasteiger partial charge is 0.282 e. The van der Waals surface area contributed by atoms with Crippen LogP contribution in [0.5, 0.6) is 0 Å². The van der Waals surface area contributed by atoms with Gasteiger partial charge in [0.2, 0.25) is 15.9 Å². The first kappa shape index (κ1) is 25.1. The van der Waals surface area contributed by atoms with Gasteiger partial charge in [-0.3, -0.25) is 9.69 Å². The van der Waals surface area contributed by atoms with E-state index in [0.717, 1.165) is 12.8 Å². The summed E-state index contributed by atoms with van der Waals surface area (Å²) < 4.78 is 55.1. The van der Waals surface area contributed by atoms with Crippen molar-refractivity contribution in [3.63, 3.8) is 0 Å². The summed E-state index contributed by atoms with van der Waals surface area (Å²) in [6, 6.07) is 6.31. The zero-order valence-corrected chi connectivity index (χ0v) is 20.4. The zero-order chi connectivity index (χ0) is 23.4. The van der Waals surface area contributed by atoms with Gasteiger partial charge >= 0.3 is 0 Å². The second-order valence-electron chi connectivity index (χ2n) is 7.95. The molecular weight excluding hydrogens is 454 g/mol. The van der Waals surface area contributed by atoms with Crippen LogP contribution in [-0.2, 0) is 25.0 Å². The number of nitrogens with zero attached hydrogens (tertiary/aromatic N) is 4. The normalized spacial score (nSPS) is 19.5.